The Labute approximate surface area is 483 Å². The van der Waals surface area contributed by atoms with Gasteiger partial charge < -0.3 is 85.9 Å². The third-order valence-electron chi connectivity index (χ3n) is 13.5. The van der Waals surface area contributed by atoms with Crippen LogP contribution in [0.2, 0.25) is 0 Å². The van der Waals surface area contributed by atoms with E-state index in [9.17, 15) is 72.5 Å². The molecule has 0 aromatic heterocycles. The van der Waals surface area contributed by atoms with Crippen LogP contribution in [-0.2, 0) is 62.3 Å². The summed E-state index contributed by atoms with van der Waals surface area (Å²) in [5.41, 5.74) is 22.0. The number of carbonyl (C=O) groups is 13. The van der Waals surface area contributed by atoms with Crippen molar-refractivity contribution in [2.75, 3.05) is 19.6 Å². The van der Waals surface area contributed by atoms with Crippen LogP contribution < -0.4 is 70.8 Å². The van der Waals surface area contributed by atoms with Crippen LogP contribution in [0.1, 0.15) is 145 Å². The predicted molar refractivity (Wildman–Crippen MR) is 301 cm³/mol. The average Bonchev–Trinajstić information content (AvgIpc) is 4.11. The van der Waals surface area contributed by atoms with Gasteiger partial charge in [0.25, 0.3) is 0 Å². The van der Waals surface area contributed by atoms with Gasteiger partial charge in [-0.3, -0.25) is 67.3 Å². The molecule has 30 heteroatoms. The number of aliphatic imine (C=N–C) groups is 1. The van der Waals surface area contributed by atoms with Gasteiger partial charge in [0.2, 0.25) is 65.0 Å². The fraction of sp³-hybridized carbons (Fsp3) is 0.736. The van der Waals surface area contributed by atoms with Crippen LogP contribution >= 0.6 is 0 Å². The molecule has 83 heavy (non-hydrogen) atoms. The van der Waals surface area contributed by atoms with E-state index < -0.39 is 157 Å². The number of rotatable bonds is 37. The normalized spacial score (nSPS) is 17.8. The molecule has 2 aliphatic rings. The van der Waals surface area contributed by atoms with Crippen LogP contribution in [0.25, 0.3) is 0 Å². The fourth-order valence-electron chi connectivity index (χ4n) is 9.52. The highest BCUT2D eigenvalue weighted by Gasteiger charge is 2.40. The molecule has 10 atom stereocenters. The van der Waals surface area contributed by atoms with Gasteiger partial charge in [0, 0.05) is 19.5 Å². The third-order valence-corrected chi connectivity index (χ3v) is 13.5. The van der Waals surface area contributed by atoms with E-state index in [0.717, 1.165) is 0 Å². The summed E-state index contributed by atoms with van der Waals surface area (Å²) >= 11 is 0. The van der Waals surface area contributed by atoms with Crippen LogP contribution in [0.3, 0.4) is 0 Å². The number of primary amides is 2. The van der Waals surface area contributed by atoms with Gasteiger partial charge in [-0.2, -0.15) is 0 Å². The number of hydrogen-bond acceptors (Lipinski definition) is 15. The van der Waals surface area contributed by atoms with Crippen molar-refractivity contribution in [3.63, 3.8) is 0 Å². The first-order chi connectivity index (χ1) is 38.8. The molecule has 0 aliphatic carbocycles. The zero-order valence-corrected chi connectivity index (χ0v) is 49.0. The molecule has 2 heterocycles. The summed E-state index contributed by atoms with van der Waals surface area (Å²) in [7, 11) is 0. The Hall–Kier alpha value is -7.66. The molecule has 2 rings (SSSR count). The summed E-state index contributed by atoms with van der Waals surface area (Å²) in [6, 6.07) is -13.4. The van der Waals surface area contributed by atoms with E-state index in [1.807, 2.05) is 0 Å². The molecule has 0 bridgehead atoms. The molecule has 30 nitrogen and oxygen atoms in total. The average molecular weight is 1180 g/mol. The van der Waals surface area contributed by atoms with Crippen LogP contribution in [-0.4, -0.2) is 178 Å². The molecule has 2 aliphatic heterocycles. The quantitative estimate of drug-likeness (QED) is 0.0163. The summed E-state index contributed by atoms with van der Waals surface area (Å²) in [6.07, 6.45) is -0.844. The number of carboxylic acid groups (broad SMARTS) is 2. The van der Waals surface area contributed by atoms with Crippen molar-refractivity contribution in [3.8, 4) is 0 Å². The summed E-state index contributed by atoms with van der Waals surface area (Å²) < 4.78 is 0. The van der Waals surface area contributed by atoms with E-state index in [-0.39, 0.29) is 94.1 Å². The Kier molecular flexibility index (Phi) is 30.4. The van der Waals surface area contributed by atoms with Gasteiger partial charge in [0.05, 0.1) is 18.9 Å². The number of amides is 11. The maximum absolute atomic E-state index is 14.4. The monoisotopic (exact) mass is 1180 g/mol. The Morgan fingerprint density at radius 3 is 1.30 bits per heavy atom. The van der Waals surface area contributed by atoms with Crippen LogP contribution in [0.5, 0.6) is 0 Å². The highest BCUT2D eigenvalue weighted by atomic mass is 16.4. The number of hydrogen-bond donors (Lipinski definition) is 15. The number of nitrogens with one attached hydrogen (secondary N) is 9. The summed E-state index contributed by atoms with van der Waals surface area (Å²) in [6.45, 7) is 14.6. The number of guanidine groups is 1. The maximum atomic E-state index is 14.4. The largest absolute Gasteiger partial charge is 0.481 e. The minimum Gasteiger partial charge on any atom is -0.481 e. The highest BCUT2D eigenvalue weighted by molar-refractivity contribution is 6.00. The number of likely N-dealkylation sites (tertiary alicyclic amines) is 1. The number of aliphatic carboxylic acids is 2. The van der Waals surface area contributed by atoms with Crippen LogP contribution in [0.4, 0.5) is 0 Å². The highest BCUT2D eigenvalue weighted by Crippen LogP contribution is 2.20. The van der Waals surface area contributed by atoms with Crippen LogP contribution in [0, 0.1) is 23.7 Å². The second-order valence-corrected chi connectivity index (χ2v) is 22.9. The number of carbonyl (C=O) groups excluding carboxylic acids is 11. The Morgan fingerprint density at radius 1 is 0.506 bits per heavy atom. The molecule has 0 aromatic carbocycles. The number of nitrogens with zero attached hydrogens (tertiary/aromatic N) is 2. The standard InChI is InChI=1S/C53H91N15O15/c1-26(2)20-33(46(77)61-32(15-16-41(70)71)52(83)68-19-11-14-39(68)43(55)74)63-48(79)35(22-28(5)6)64-47(78)34(21-27(3)4)62-45(76)31(13-10-18-59-53(56)57)60-51(82)38(25-42(72)73)67-49(80)36(23-29(7)8)65-50(81)37(24-40(54)69)66-44(75)30-12-9-17-58-30/h26-39,58H,9-25H2,1-8H3,(H2,54,69)(H2,55,74)(H,60,82)(H,61,77)(H,62,76)(H,63,79)(H,64,78)(H,65,81)(H,66,75)(H,67,80)(H,70,71)(H,72,73)(H4,56,57,59)/t30-,31-,32-,33-,34-,35-,36-,37-,38-,39-/m0/s1. The Morgan fingerprint density at radius 2 is 0.916 bits per heavy atom. The molecule has 0 unspecified atom stereocenters. The van der Waals surface area contributed by atoms with E-state index >= 15 is 0 Å². The van der Waals surface area contributed by atoms with Crippen molar-refractivity contribution in [2.24, 2.45) is 51.6 Å². The predicted octanol–water partition coefficient (Wildman–Crippen LogP) is -3.45. The van der Waals surface area contributed by atoms with E-state index in [2.05, 4.69) is 52.8 Å². The minimum atomic E-state index is -1.88. The molecule has 19 N–H and O–H groups in total. The lowest BCUT2D eigenvalue weighted by Crippen LogP contribution is -2.61. The lowest BCUT2D eigenvalue weighted by atomic mass is 9.98. The smallest absolute Gasteiger partial charge is 0.305 e. The summed E-state index contributed by atoms with van der Waals surface area (Å²) in [5.74, 6) is -13.7. The summed E-state index contributed by atoms with van der Waals surface area (Å²) in [4.78, 5) is 179. The second-order valence-electron chi connectivity index (χ2n) is 22.9. The van der Waals surface area contributed by atoms with Gasteiger partial charge in [-0.05, 0) is 101 Å². The van der Waals surface area contributed by atoms with Crippen molar-refractivity contribution in [1.82, 2.24) is 52.8 Å². The first-order valence-corrected chi connectivity index (χ1v) is 28.3. The van der Waals surface area contributed by atoms with Gasteiger partial charge in [0.15, 0.2) is 5.96 Å². The van der Waals surface area contributed by atoms with E-state index in [1.165, 1.54) is 4.90 Å². The number of carboxylic acids is 2. The van der Waals surface area contributed by atoms with E-state index in [1.54, 1.807) is 55.4 Å². The summed E-state index contributed by atoms with van der Waals surface area (Å²) in [5, 5.41) is 42.8. The first kappa shape index (κ1) is 71.4. The molecule has 0 radical (unpaired) electrons. The molecule has 0 saturated carbocycles. The zero-order valence-electron chi connectivity index (χ0n) is 49.0. The lowest BCUT2D eigenvalue weighted by Gasteiger charge is -2.30. The fourth-order valence-corrected chi connectivity index (χ4v) is 9.52. The Balaban J connectivity index is 2.46. The van der Waals surface area contributed by atoms with Gasteiger partial charge in [-0.15, -0.1) is 0 Å². The zero-order chi connectivity index (χ0) is 62.8. The number of nitrogens with two attached hydrogens (primary N) is 4. The minimum absolute atomic E-state index is 0.0175. The van der Waals surface area contributed by atoms with Crippen molar-refractivity contribution in [3.05, 3.63) is 0 Å². The lowest BCUT2D eigenvalue weighted by molar-refractivity contribution is -0.142. The SMILES string of the molecule is CC(C)C[C@H](NC(=O)[C@H](CC(N)=O)NC(=O)[C@@H]1CCCN1)C(=O)N[C@@H](CC(=O)O)C(=O)N[C@@H](CCCN=C(N)N)C(=O)N[C@@H](CC(C)C)C(=O)N[C@@H](CC(C)C)C(=O)N[C@@H](CC(C)C)C(=O)N[C@@H](CCC(=O)O)C(=O)N1CCC[C@H]1C(N)=O. The molecular formula is C53H91N15O15. The van der Waals surface area contributed by atoms with E-state index in [0.29, 0.717) is 25.8 Å². The van der Waals surface area contributed by atoms with Crippen molar-refractivity contribution in [1.29, 1.82) is 0 Å². The van der Waals surface area contributed by atoms with Gasteiger partial charge in [0.1, 0.15) is 54.4 Å². The Bertz CT molecular complexity index is 2320. The molecule has 2 fully saturated rings. The maximum Gasteiger partial charge on any atom is 0.305 e. The molecule has 468 valence electrons. The van der Waals surface area contributed by atoms with Crippen molar-refractivity contribution >= 4 is 82.9 Å². The van der Waals surface area contributed by atoms with Crippen molar-refractivity contribution < 1.29 is 72.5 Å². The first-order valence-electron chi connectivity index (χ1n) is 28.3. The molecule has 2 saturated heterocycles. The van der Waals surface area contributed by atoms with Gasteiger partial charge in [-0.1, -0.05) is 55.4 Å². The molecular weight excluding hydrogens is 1090 g/mol. The third kappa shape index (κ3) is 26.4. The van der Waals surface area contributed by atoms with Crippen molar-refractivity contribution in [2.45, 2.75) is 206 Å². The second kappa shape index (κ2) is 35.4. The topological polar surface area (TPSA) is 490 Å². The van der Waals surface area contributed by atoms with Gasteiger partial charge >= 0.3 is 11.9 Å². The molecule has 11 amide bonds. The van der Waals surface area contributed by atoms with E-state index in [4.69, 9.17) is 22.9 Å². The molecule has 0 spiro atoms. The van der Waals surface area contributed by atoms with Crippen LogP contribution in [0.15, 0.2) is 4.99 Å². The molecule has 0 aromatic rings. The van der Waals surface area contributed by atoms with Gasteiger partial charge in [-0.25, -0.2) is 0 Å².